The van der Waals surface area contributed by atoms with Crippen LogP contribution in [0, 0.1) is 6.92 Å². The number of nitrogens with one attached hydrogen (secondary N) is 1. The number of hydrogen-bond acceptors (Lipinski definition) is 5. The second-order valence-corrected chi connectivity index (χ2v) is 11.1. The first-order valence-electron chi connectivity index (χ1n) is 10.8. The van der Waals surface area contributed by atoms with E-state index < -0.39 is 20.2 Å². The predicted molar refractivity (Wildman–Crippen MR) is 124 cm³/mol. The van der Waals surface area contributed by atoms with Gasteiger partial charge < -0.3 is 10.2 Å². The van der Waals surface area contributed by atoms with E-state index in [1.165, 1.54) is 12.5 Å². The van der Waals surface area contributed by atoms with Crippen LogP contribution in [0.2, 0.25) is 0 Å². The summed E-state index contributed by atoms with van der Waals surface area (Å²) in [6.07, 6.45) is 4.24. The Morgan fingerprint density at radius 3 is 2.41 bits per heavy atom. The van der Waals surface area contributed by atoms with E-state index in [2.05, 4.69) is 10.2 Å². The van der Waals surface area contributed by atoms with Gasteiger partial charge in [0.2, 0.25) is 0 Å². The molecule has 32 heavy (non-hydrogen) atoms. The van der Waals surface area contributed by atoms with Gasteiger partial charge >= 0.3 is 5.51 Å². The van der Waals surface area contributed by atoms with Crippen LogP contribution in [0.3, 0.4) is 0 Å². The summed E-state index contributed by atoms with van der Waals surface area (Å²) in [6.45, 7) is 4.45. The third kappa shape index (κ3) is 6.65. The molecule has 1 atom stereocenters. The number of likely N-dealkylation sites (tertiary alicyclic amines) is 1. The van der Waals surface area contributed by atoms with Gasteiger partial charge in [-0.1, -0.05) is 30.7 Å². The van der Waals surface area contributed by atoms with Crippen LogP contribution in [-0.2, 0) is 9.84 Å². The van der Waals surface area contributed by atoms with Crippen molar-refractivity contribution < 1.29 is 21.6 Å². The van der Waals surface area contributed by atoms with Crippen molar-refractivity contribution in [1.29, 1.82) is 0 Å². The van der Waals surface area contributed by atoms with Crippen LogP contribution in [0.15, 0.2) is 58.3 Å². The van der Waals surface area contributed by atoms with Crippen molar-refractivity contribution in [3.63, 3.8) is 0 Å². The molecular weight excluding hydrogens is 457 g/mol. The van der Waals surface area contributed by atoms with Crippen molar-refractivity contribution in [2.75, 3.05) is 30.7 Å². The lowest BCUT2D eigenvalue weighted by Crippen LogP contribution is -2.35. The maximum absolute atomic E-state index is 13.3. The maximum atomic E-state index is 13.3. The molecule has 0 saturated carbocycles. The van der Waals surface area contributed by atoms with Gasteiger partial charge in [-0.2, -0.15) is 13.2 Å². The van der Waals surface area contributed by atoms with Crippen molar-refractivity contribution >= 4 is 27.3 Å². The van der Waals surface area contributed by atoms with Gasteiger partial charge in [0.15, 0.2) is 0 Å². The summed E-state index contributed by atoms with van der Waals surface area (Å²) in [5.74, 6) is 0.608. The fourth-order valence-electron chi connectivity index (χ4n) is 3.75. The van der Waals surface area contributed by atoms with Gasteiger partial charge in [-0.25, -0.2) is 8.42 Å². The molecule has 2 aromatic rings. The molecular formula is C23H29F3N2O2S2. The highest BCUT2D eigenvalue weighted by Gasteiger charge is 2.48. The van der Waals surface area contributed by atoms with E-state index in [4.69, 9.17) is 0 Å². The molecule has 4 nitrogen and oxygen atoms in total. The van der Waals surface area contributed by atoms with E-state index >= 15 is 0 Å². The summed E-state index contributed by atoms with van der Waals surface area (Å²) >= 11 is 1.60. The fourth-order valence-corrected chi connectivity index (χ4v) is 5.75. The van der Waals surface area contributed by atoms with Crippen LogP contribution >= 0.6 is 11.8 Å². The van der Waals surface area contributed by atoms with Crippen LogP contribution in [0.25, 0.3) is 0 Å². The summed E-state index contributed by atoms with van der Waals surface area (Å²) in [5, 5.41) is 3.14. The molecule has 2 aromatic carbocycles. The smallest absolute Gasteiger partial charge is 0.380 e. The van der Waals surface area contributed by atoms with E-state index in [0.29, 0.717) is 17.7 Å². The van der Waals surface area contributed by atoms with Gasteiger partial charge in [-0.05, 0) is 69.1 Å². The molecule has 1 N–H and O–H groups in total. The number of halogens is 3. The predicted octanol–water partition coefficient (Wildman–Crippen LogP) is 5.74. The lowest BCUT2D eigenvalue weighted by atomic mass is 10.1. The van der Waals surface area contributed by atoms with E-state index in [1.807, 2.05) is 30.3 Å². The fraction of sp³-hybridized carbons (Fsp3) is 0.478. The number of rotatable bonds is 9. The Morgan fingerprint density at radius 1 is 1.06 bits per heavy atom. The summed E-state index contributed by atoms with van der Waals surface area (Å²) in [5.41, 5.74) is -4.88. The Hall–Kier alpha value is -1.71. The minimum absolute atomic E-state index is 0.00484. The SMILES string of the molecule is Cc1ccc(N[C@H](CCN2CCCCC2)CSc2ccccc2)c(S(=O)(=O)C(F)(F)F)c1. The molecule has 1 fully saturated rings. The van der Waals surface area contributed by atoms with Gasteiger partial charge in [-0.3, -0.25) is 0 Å². The molecule has 1 aliphatic rings. The summed E-state index contributed by atoms with van der Waals surface area (Å²) in [7, 11) is -5.46. The Labute approximate surface area is 192 Å². The monoisotopic (exact) mass is 486 g/mol. The zero-order valence-electron chi connectivity index (χ0n) is 18.1. The largest absolute Gasteiger partial charge is 0.501 e. The van der Waals surface area contributed by atoms with Gasteiger partial charge in [0, 0.05) is 23.2 Å². The standard InChI is InChI=1S/C23H29F3N2O2S2/c1-18-10-11-21(22(16-18)32(29,30)23(24,25)26)27-19(12-15-28-13-6-3-7-14-28)17-31-20-8-4-2-5-9-20/h2,4-5,8-11,16,19,27H,3,6-7,12-15,17H2,1H3/t19-/m1/s1. The zero-order valence-corrected chi connectivity index (χ0v) is 19.7. The number of nitrogens with zero attached hydrogens (tertiary/aromatic N) is 1. The van der Waals surface area contributed by atoms with Crippen molar-refractivity contribution in [3.05, 3.63) is 54.1 Å². The average Bonchev–Trinajstić information content (AvgIpc) is 2.77. The van der Waals surface area contributed by atoms with Gasteiger partial charge in [0.05, 0.1) is 10.6 Å². The van der Waals surface area contributed by atoms with Crippen molar-refractivity contribution in [3.8, 4) is 0 Å². The van der Waals surface area contributed by atoms with E-state index in [9.17, 15) is 21.6 Å². The lowest BCUT2D eigenvalue weighted by molar-refractivity contribution is -0.0435. The van der Waals surface area contributed by atoms with Crippen LogP contribution in [0.4, 0.5) is 18.9 Å². The number of sulfone groups is 1. The number of aryl methyl sites for hydroxylation is 1. The average molecular weight is 487 g/mol. The van der Waals surface area contributed by atoms with Gasteiger partial charge in [-0.15, -0.1) is 11.8 Å². The highest BCUT2D eigenvalue weighted by atomic mass is 32.2. The molecule has 1 aliphatic heterocycles. The second-order valence-electron chi connectivity index (χ2n) is 8.11. The lowest BCUT2D eigenvalue weighted by Gasteiger charge is -2.29. The minimum Gasteiger partial charge on any atom is -0.380 e. The molecule has 1 saturated heterocycles. The number of thioether (sulfide) groups is 1. The molecule has 0 aliphatic carbocycles. The number of hydrogen-bond donors (Lipinski definition) is 1. The maximum Gasteiger partial charge on any atom is 0.501 e. The minimum atomic E-state index is -5.46. The Morgan fingerprint density at radius 2 is 1.75 bits per heavy atom. The van der Waals surface area contributed by atoms with Crippen LogP contribution in [0.5, 0.6) is 0 Å². The number of piperidine rings is 1. The topological polar surface area (TPSA) is 49.4 Å². The number of anilines is 1. The highest BCUT2D eigenvalue weighted by Crippen LogP contribution is 2.35. The molecule has 0 radical (unpaired) electrons. The molecule has 176 valence electrons. The zero-order chi connectivity index (χ0) is 23.2. The summed E-state index contributed by atoms with van der Waals surface area (Å²) < 4.78 is 64.3. The normalized spacial score (nSPS) is 16.6. The Bertz CT molecular complexity index is 976. The number of benzene rings is 2. The molecule has 0 amide bonds. The van der Waals surface area contributed by atoms with Crippen LogP contribution in [0.1, 0.15) is 31.2 Å². The highest BCUT2D eigenvalue weighted by molar-refractivity contribution is 7.99. The van der Waals surface area contributed by atoms with Crippen molar-refractivity contribution in [1.82, 2.24) is 4.90 Å². The second kappa shape index (κ2) is 10.9. The summed E-state index contributed by atoms with van der Waals surface area (Å²) in [6, 6.07) is 13.7. The van der Waals surface area contributed by atoms with E-state index in [1.54, 1.807) is 24.8 Å². The third-order valence-electron chi connectivity index (χ3n) is 5.53. The first-order chi connectivity index (χ1) is 15.2. The first kappa shape index (κ1) is 24.9. The van der Waals surface area contributed by atoms with Gasteiger partial charge in [0.1, 0.15) is 0 Å². The quantitative estimate of drug-likeness (QED) is 0.458. The summed E-state index contributed by atoms with van der Waals surface area (Å²) in [4.78, 5) is 2.72. The molecule has 0 unspecified atom stereocenters. The molecule has 0 aromatic heterocycles. The molecule has 1 heterocycles. The van der Waals surface area contributed by atoms with Gasteiger partial charge in [0.25, 0.3) is 9.84 Å². The first-order valence-corrected chi connectivity index (χ1v) is 13.2. The number of alkyl halides is 3. The van der Waals surface area contributed by atoms with Crippen LogP contribution < -0.4 is 5.32 Å². The molecule has 0 spiro atoms. The van der Waals surface area contributed by atoms with Crippen molar-refractivity contribution in [2.45, 2.75) is 53.9 Å². The Balaban J connectivity index is 1.81. The molecule has 9 heteroatoms. The molecule has 0 bridgehead atoms. The van der Waals surface area contributed by atoms with E-state index in [0.717, 1.165) is 43.4 Å². The molecule has 3 rings (SSSR count). The van der Waals surface area contributed by atoms with Crippen LogP contribution in [-0.4, -0.2) is 50.3 Å². The third-order valence-corrected chi connectivity index (χ3v) is 8.23. The Kier molecular flexibility index (Phi) is 8.52. The van der Waals surface area contributed by atoms with Crippen molar-refractivity contribution in [2.24, 2.45) is 0 Å². The van der Waals surface area contributed by atoms with E-state index in [-0.39, 0.29) is 11.7 Å².